The molecule has 1 saturated heterocycles. The van der Waals surface area contributed by atoms with Crippen molar-refractivity contribution in [2.75, 3.05) is 38.5 Å². The van der Waals surface area contributed by atoms with Gasteiger partial charge in [0.1, 0.15) is 0 Å². The maximum atomic E-state index is 11.6. The van der Waals surface area contributed by atoms with E-state index in [-0.39, 0.29) is 0 Å². The second kappa shape index (κ2) is 11.9. The van der Waals surface area contributed by atoms with Crippen molar-refractivity contribution in [1.29, 1.82) is 0 Å². The fourth-order valence-electron chi connectivity index (χ4n) is 4.46. The van der Waals surface area contributed by atoms with Crippen LogP contribution < -0.4 is 0 Å². The molecule has 1 N–H and O–H groups in total. The molecule has 6 heteroatoms. The van der Waals surface area contributed by atoms with Crippen LogP contribution in [-0.2, 0) is 13.0 Å². The summed E-state index contributed by atoms with van der Waals surface area (Å²) in [6, 6.07) is 22.3. The summed E-state index contributed by atoms with van der Waals surface area (Å²) < 4.78 is 0. The zero-order chi connectivity index (χ0) is 23.9. The Balaban J connectivity index is 1.30. The Morgan fingerprint density at radius 3 is 2.29 bits per heavy atom. The molecule has 4 rings (SSSR count). The number of benzene rings is 3. The quantitative estimate of drug-likeness (QED) is 0.360. The minimum Gasteiger partial charge on any atom is -0.478 e. The monoisotopic (exact) mass is 494 g/mol. The molecule has 0 spiro atoms. The van der Waals surface area contributed by atoms with Gasteiger partial charge in [-0.3, -0.25) is 9.80 Å². The minimum atomic E-state index is -0.842. The lowest BCUT2D eigenvalue weighted by atomic mass is 9.99. The molecule has 0 saturated carbocycles. The summed E-state index contributed by atoms with van der Waals surface area (Å²) >= 11 is 7.75. The lowest BCUT2D eigenvalue weighted by Gasteiger charge is -2.35. The van der Waals surface area contributed by atoms with E-state index in [9.17, 15) is 9.90 Å². The van der Waals surface area contributed by atoms with Gasteiger partial charge >= 0.3 is 5.97 Å². The fraction of sp³-hybridized carbons (Fsp3) is 0.321. The number of carboxylic acids is 1. The third-order valence-electron chi connectivity index (χ3n) is 6.39. The van der Waals surface area contributed by atoms with E-state index in [1.807, 2.05) is 24.3 Å². The smallest absolute Gasteiger partial charge is 0.336 e. The molecule has 178 valence electrons. The summed E-state index contributed by atoms with van der Waals surface area (Å²) in [7, 11) is 0. The first-order valence-electron chi connectivity index (χ1n) is 11.8. The van der Waals surface area contributed by atoms with Crippen LogP contribution in [0.3, 0.4) is 0 Å². The molecule has 0 aliphatic carbocycles. The highest BCUT2D eigenvalue weighted by Gasteiger charge is 2.19. The van der Waals surface area contributed by atoms with Crippen LogP contribution in [0.4, 0.5) is 0 Å². The van der Waals surface area contributed by atoms with Crippen molar-refractivity contribution in [1.82, 2.24) is 9.80 Å². The molecule has 1 fully saturated rings. The number of piperazine rings is 1. The molecule has 4 nitrogen and oxygen atoms in total. The first-order valence-corrected chi connectivity index (χ1v) is 13.2. The van der Waals surface area contributed by atoms with E-state index in [2.05, 4.69) is 53.1 Å². The number of nitrogens with zero attached hydrogens (tertiary/aromatic N) is 2. The number of rotatable bonds is 9. The van der Waals surface area contributed by atoms with E-state index in [0.717, 1.165) is 66.9 Å². The topological polar surface area (TPSA) is 43.8 Å². The summed E-state index contributed by atoms with van der Waals surface area (Å²) in [6.07, 6.45) is 0.847. The van der Waals surface area contributed by atoms with Crippen LogP contribution in [0.5, 0.6) is 0 Å². The number of aromatic carboxylic acids is 1. The lowest BCUT2D eigenvalue weighted by molar-refractivity contribution is 0.0693. The van der Waals surface area contributed by atoms with E-state index in [0.29, 0.717) is 5.56 Å². The van der Waals surface area contributed by atoms with Gasteiger partial charge in [-0.15, -0.1) is 11.8 Å². The number of aryl methyl sites for hydroxylation is 1. The minimum absolute atomic E-state index is 0.425. The standard InChI is InChI=1S/C28H31ClN2O2S/c1-2-21-7-5-9-26(28(32)33)27(21)34-19-18-30-14-16-31(17-15-30)20-23-6-3-4-8-25(23)22-10-12-24(29)13-11-22/h3-13H,2,14-20H2,1H3,(H,32,33). The van der Waals surface area contributed by atoms with E-state index in [4.69, 9.17) is 11.6 Å². The second-order valence-electron chi connectivity index (χ2n) is 8.58. The average molecular weight is 495 g/mol. The maximum absolute atomic E-state index is 11.6. The number of hydrogen-bond acceptors (Lipinski definition) is 4. The van der Waals surface area contributed by atoms with Crippen molar-refractivity contribution < 1.29 is 9.90 Å². The lowest BCUT2D eigenvalue weighted by Crippen LogP contribution is -2.46. The molecule has 1 aliphatic rings. The highest BCUT2D eigenvalue weighted by atomic mass is 35.5. The Kier molecular flexibility index (Phi) is 8.68. The van der Waals surface area contributed by atoms with Crippen LogP contribution in [-0.4, -0.2) is 59.4 Å². The number of carbonyl (C=O) groups is 1. The van der Waals surface area contributed by atoms with Gasteiger partial charge < -0.3 is 5.11 Å². The first-order chi connectivity index (χ1) is 16.5. The van der Waals surface area contributed by atoms with E-state index < -0.39 is 5.97 Å². The zero-order valence-corrected chi connectivity index (χ0v) is 21.1. The SMILES string of the molecule is CCc1cccc(C(=O)O)c1SCCN1CCN(Cc2ccccc2-c2ccc(Cl)cc2)CC1. The Morgan fingerprint density at radius 2 is 1.59 bits per heavy atom. The van der Waals surface area contributed by atoms with Crippen LogP contribution in [0, 0.1) is 0 Å². The third kappa shape index (κ3) is 6.22. The number of thioether (sulfide) groups is 1. The van der Waals surface area contributed by atoms with Gasteiger partial charge in [0.05, 0.1) is 5.56 Å². The highest BCUT2D eigenvalue weighted by Crippen LogP contribution is 2.29. The van der Waals surface area contributed by atoms with Gasteiger partial charge in [0, 0.05) is 54.9 Å². The molecule has 1 aliphatic heterocycles. The third-order valence-corrected chi connectivity index (χ3v) is 7.80. The van der Waals surface area contributed by atoms with Gasteiger partial charge in [-0.05, 0) is 46.9 Å². The van der Waals surface area contributed by atoms with Crippen LogP contribution in [0.25, 0.3) is 11.1 Å². The highest BCUT2D eigenvalue weighted by molar-refractivity contribution is 7.99. The fourth-order valence-corrected chi connectivity index (χ4v) is 5.85. The predicted molar refractivity (Wildman–Crippen MR) is 142 cm³/mol. The molecule has 0 aromatic heterocycles. The summed E-state index contributed by atoms with van der Waals surface area (Å²) in [5, 5.41) is 10.3. The van der Waals surface area contributed by atoms with Gasteiger partial charge in [0.25, 0.3) is 0 Å². The molecule has 0 atom stereocenters. The summed E-state index contributed by atoms with van der Waals surface area (Å²) in [4.78, 5) is 17.6. The molecule has 34 heavy (non-hydrogen) atoms. The summed E-state index contributed by atoms with van der Waals surface area (Å²) in [5.74, 6) is 0.0572. The van der Waals surface area contributed by atoms with Gasteiger partial charge in [-0.1, -0.05) is 67.1 Å². The molecule has 3 aromatic rings. The molecule has 0 radical (unpaired) electrons. The van der Waals surface area contributed by atoms with Crippen molar-refractivity contribution in [2.24, 2.45) is 0 Å². The van der Waals surface area contributed by atoms with Crippen LogP contribution in [0.15, 0.2) is 71.6 Å². The zero-order valence-electron chi connectivity index (χ0n) is 19.5. The van der Waals surface area contributed by atoms with E-state index in [1.54, 1.807) is 17.8 Å². The Bertz CT molecular complexity index is 1110. The largest absolute Gasteiger partial charge is 0.478 e. The van der Waals surface area contributed by atoms with Crippen molar-refractivity contribution >= 4 is 29.3 Å². The Hall–Kier alpha value is -2.31. The van der Waals surface area contributed by atoms with Gasteiger partial charge in [0.2, 0.25) is 0 Å². The van der Waals surface area contributed by atoms with Crippen molar-refractivity contribution in [3.05, 3.63) is 88.4 Å². The van der Waals surface area contributed by atoms with Gasteiger partial charge in [0.15, 0.2) is 0 Å². The maximum Gasteiger partial charge on any atom is 0.336 e. The van der Waals surface area contributed by atoms with Crippen LogP contribution in [0.1, 0.15) is 28.4 Å². The van der Waals surface area contributed by atoms with Gasteiger partial charge in [-0.2, -0.15) is 0 Å². The summed E-state index contributed by atoms with van der Waals surface area (Å²) in [5.41, 5.74) is 5.35. The predicted octanol–water partition coefficient (Wildman–Crippen LogP) is 6.18. The molecule has 0 amide bonds. The van der Waals surface area contributed by atoms with Crippen LogP contribution >= 0.6 is 23.4 Å². The molecule has 0 bridgehead atoms. The van der Waals surface area contributed by atoms with Crippen molar-refractivity contribution in [3.63, 3.8) is 0 Å². The molecule has 0 unspecified atom stereocenters. The first kappa shape index (κ1) is 24.8. The second-order valence-corrected chi connectivity index (χ2v) is 10.1. The van der Waals surface area contributed by atoms with E-state index >= 15 is 0 Å². The van der Waals surface area contributed by atoms with E-state index in [1.165, 1.54) is 16.7 Å². The Labute approximate surface area is 211 Å². The normalized spacial score (nSPS) is 14.9. The molecular formula is C28H31ClN2O2S. The van der Waals surface area contributed by atoms with Crippen LogP contribution in [0.2, 0.25) is 5.02 Å². The number of carboxylic acid groups (broad SMARTS) is 1. The molecular weight excluding hydrogens is 464 g/mol. The molecule has 1 heterocycles. The Morgan fingerprint density at radius 1 is 0.912 bits per heavy atom. The summed E-state index contributed by atoms with van der Waals surface area (Å²) in [6.45, 7) is 8.12. The van der Waals surface area contributed by atoms with Crippen molar-refractivity contribution in [2.45, 2.75) is 24.8 Å². The number of hydrogen-bond donors (Lipinski definition) is 1. The molecule has 3 aromatic carbocycles. The average Bonchev–Trinajstić information content (AvgIpc) is 2.86. The van der Waals surface area contributed by atoms with Gasteiger partial charge in [-0.25, -0.2) is 4.79 Å². The number of halogens is 1. The van der Waals surface area contributed by atoms with Crippen molar-refractivity contribution in [3.8, 4) is 11.1 Å².